The van der Waals surface area contributed by atoms with Gasteiger partial charge in [-0.15, -0.1) is 0 Å². The van der Waals surface area contributed by atoms with Crippen LogP contribution in [0.5, 0.6) is 0 Å². The average molecular weight is 336 g/mol. The van der Waals surface area contributed by atoms with Gasteiger partial charge in [0.25, 0.3) is 0 Å². The van der Waals surface area contributed by atoms with Crippen LogP contribution in [-0.2, 0) is 0 Å². The summed E-state index contributed by atoms with van der Waals surface area (Å²) in [7, 11) is 0. The number of hydrogen-bond acceptors (Lipinski definition) is 3. The first-order valence-electron chi connectivity index (χ1n) is 8.56. The number of fused-ring (bicyclic) bond motifs is 3. The zero-order valence-corrected chi connectivity index (χ0v) is 14.0. The van der Waals surface area contributed by atoms with Gasteiger partial charge in [-0.1, -0.05) is 36.4 Å². The van der Waals surface area contributed by atoms with Crippen LogP contribution in [0, 0.1) is 0 Å². The van der Waals surface area contributed by atoms with Gasteiger partial charge < -0.3 is 9.73 Å². The maximum Gasteiger partial charge on any atom is 0.135 e. The molecule has 2 aromatic heterocycles. The molecule has 0 aliphatic rings. The highest BCUT2D eigenvalue weighted by Gasteiger charge is 2.07. The second-order valence-corrected chi connectivity index (χ2v) is 6.25. The maximum absolute atomic E-state index is 5.89. The molecule has 0 spiro atoms. The second-order valence-electron chi connectivity index (χ2n) is 6.25. The van der Waals surface area contributed by atoms with Gasteiger partial charge in [0.2, 0.25) is 0 Å². The molecular formula is C23H16N2O. The number of anilines is 2. The first-order valence-corrected chi connectivity index (χ1v) is 8.56. The summed E-state index contributed by atoms with van der Waals surface area (Å²) in [5.74, 6) is 0. The molecule has 5 aromatic rings. The molecule has 1 N–H and O–H groups in total. The highest BCUT2D eigenvalue weighted by Crippen LogP contribution is 2.31. The quantitative estimate of drug-likeness (QED) is 0.415. The van der Waals surface area contributed by atoms with Crippen molar-refractivity contribution in [1.82, 2.24) is 4.98 Å². The molecule has 0 atom stereocenters. The van der Waals surface area contributed by atoms with Crippen molar-refractivity contribution in [2.45, 2.75) is 0 Å². The lowest BCUT2D eigenvalue weighted by molar-refractivity contribution is 0.669. The molecule has 2 heterocycles. The van der Waals surface area contributed by atoms with E-state index < -0.39 is 0 Å². The minimum absolute atomic E-state index is 0.906. The lowest BCUT2D eigenvalue weighted by Crippen LogP contribution is -1.90. The number of aromatic nitrogens is 1. The summed E-state index contributed by atoms with van der Waals surface area (Å²) in [6.45, 7) is 0. The van der Waals surface area contributed by atoms with E-state index in [0.717, 1.165) is 44.4 Å². The largest absolute Gasteiger partial charge is 0.456 e. The predicted molar refractivity (Wildman–Crippen MR) is 107 cm³/mol. The Labute approximate surface area is 150 Å². The van der Waals surface area contributed by atoms with E-state index in [1.807, 2.05) is 42.6 Å². The molecule has 0 fully saturated rings. The number of nitrogens with zero attached hydrogens (tertiary/aromatic N) is 1. The smallest absolute Gasteiger partial charge is 0.135 e. The summed E-state index contributed by atoms with van der Waals surface area (Å²) in [4.78, 5) is 4.18. The highest BCUT2D eigenvalue weighted by atomic mass is 16.3. The van der Waals surface area contributed by atoms with E-state index >= 15 is 0 Å². The minimum Gasteiger partial charge on any atom is -0.456 e. The van der Waals surface area contributed by atoms with Crippen LogP contribution in [0.3, 0.4) is 0 Å². The van der Waals surface area contributed by atoms with Crippen molar-refractivity contribution in [3.8, 4) is 11.1 Å². The van der Waals surface area contributed by atoms with Gasteiger partial charge in [0.1, 0.15) is 11.2 Å². The number of nitrogens with one attached hydrogen (secondary N) is 1. The van der Waals surface area contributed by atoms with Gasteiger partial charge in [0.05, 0.1) is 0 Å². The summed E-state index contributed by atoms with van der Waals surface area (Å²) >= 11 is 0. The fourth-order valence-electron chi connectivity index (χ4n) is 3.25. The third kappa shape index (κ3) is 2.60. The molecule has 0 saturated heterocycles. The van der Waals surface area contributed by atoms with E-state index in [-0.39, 0.29) is 0 Å². The van der Waals surface area contributed by atoms with Gasteiger partial charge >= 0.3 is 0 Å². The molecule has 5 rings (SSSR count). The van der Waals surface area contributed by atoms with Crippen LogP contribution in [0.4, 0.5) is 11.4 Å². The standard InChI is InChI=1S/C23H16N2O/c1-2-6-22-20(5-1)21-14-19(11-12-23(21)26-22)25-18-9-7-16(8-10-18)17-4-3-13-24-15-17/h1-15,25H. The highest BCUT2D eigenvalue weighted by molar-refractivity contribution is 6.06. The molecule has 0 unspecified atom stereocenters. The Hall–Kier alpha value is -3.59. The molecule has 0 bridgehead atoms. The van der Waals surface area contributed by atoms with E-state index in [4.69, 9.17) is 4.42 Å². The van der Waals surface area contributed by atoms with Crippen LogP contribution in [0.25, 0.3) is 33.1 Å². The zero-order chi connectivity index (χ0) is 17.3. The maximum atomic E-state index is 5.89. The number of rotatable bonds is 3. The molecule has 0 aliphatic carbocycles. The topological polar surface area (TPSA) is 38.1 Å². The Morgan fingerprint density at radius 1 is 0.654 bits per heavy atom. The van der Waals surface area contributed by atoms with Gasteiger partial charge in [-0.3, -0.25) is 4.98 Å². The number of para-hydroxylation sites is 1. The Morgan fingerprint density at radius 3 is 2.31 bits per heavy atom. The molecule has 3 heteroatoms. The van der Waals surface area contributed by atoms with Gasteiger partial charge in [-0.05, 0) is 53.6 Å². The molecular weight excluding hydrogens is 320 g/mol. The van der Waals surface area contributed by atoms with E-state index in [1.165, 1.54) is 0 Å². The van der Waals surface area contributed by atoms with Crippen LogP contribution in [-0.4, -0.2) is 4.98 Å². The Balaban J connectivity index is 1.46. The van der Waals surface area contributed by atoms with Gasteiger partial charge in [0.15, 0.2) is 0 Å². The predicted octanol–water partition coefficient (Wildman–Crippen LogP) is 6.39. The number of hydrogen-bond donors (Lipinski definition) is 1. The number of furan rings is 1. The lowest BCUT2D eigenvalue weighted by atomic mass is 10.1. The fourth-order valence-corrected chi connectivity index (χ4v) is 3.25. The normalized spacial score (nSPS) is 11.1. The summed E-state index contributed by atoms with van der Waals surface area (Å²) in [6.07, 6.45) is 3.66. The number of benzene rings is 3. The molecule has 0 aliphatic heterocycles. The van der Waals surface area contributed by atoms with Crippen molar-refractivity contribution in [3.05, 3.63) is 91.3 Å². The third-order valence-corrected chi connectivity index (χ3v) is 4.55. The molecule has 0 radical (unpaired) electrons. The van der Waals surface area contributed by atoms with Crippen molar-refractivity contribution in [3.63, 3.8) is 0 Å². The summed E-state index contributed by atoms with van der Waals surface area (Å²) < 4.78 is 5.89. The SMILES string of the molecule is c1cncc(-c2ccc(Nc3ccc4oc5ccccc5c4c3)cc2)c1. The fraction of sp³-hybridized carbons (Fsp3) is 0. The van der Waals surface area contributed by atoms with E-state index in [0.29, 0.717) is 0 Å². The lowest BCUT2D eigenvalue weighted by Gasteiger charge is -2.08. The van der Waals surface area contributed by atoms with Crippen molar-refractivity contribution in [1.29, 1.82) is 0 Å². The first kappa shape index (κ1) is 14.7. The Bertz CT molecular complexity index is 1190. The van der Waals surface area contributed by atoms with Crippen LogP contribution < -0.4 is 5.32 Å². The molecule has 26 heavy (non-hydrogen) atoms. The van der Waals surface area contributed by atoms with Gasteiger partial charge in [-0.2, -0.15) is 0 Å². The van der Waals surface area contributed by atoms with Crippen molar-refractivity contribution >= 4 is 33.3 Å². The number of pyridine rings is 1. The van der Waals surface area contributed by atoms with Crippen molar-refractivity contribution in [2.24, 2.45) is 0 Å². The van der Waals surface area contributed by atoms with E-state index in [9.17, 15) is 0 Å². The minimum atomic E-state index is 0.906. The van der Waals surface area contributed by atoms with Crippen molar-refractivity contribution in [2.75, 3.05) is 5.32 Å². The van der Waals surface area contributed by atoms with Gasteiger partial charge in [-0.25, -0.2) is 0 Å². The van der Waals surface area contributed by atoms with Crippen LogP contribution in [0.1, 0.15) is 0 Å². The molecule has 0 amide bonds. The zero-order valence-electron chi connectivity index (χ0n) is 14.0. The molecule has 0 saturated carbocycles. The van der Waals surface area contributed by atoms with Crippen molar-refractivity contribution < 1.29 is 4.42 Å². The molecule has 3 aromatic carbocycles. The first-order chi connectivity index (χ1) is 12.9. The average Bonchev–Trinajstić information content (AvgIpc) is 3.07. The van der Waals surface area contributed by atoms with Crippen LogP contribution in [0.2, 0.25) is 0 Å². The Morgan fingerprint density at radius 2 is 1.46 bits per heavy atom. The van der Waals surface area contributed by atoms with Crippen LogP contribution in [0.15, 0.2) is 95.7 Å². The third-order valence-electron chi connectivity index (χ3n) is 4.55. The summed E-state index contributed by atoms with van der Waals surface area (Å²) in [5.41, 5.74) is 6.18. The second kappa shape index (κ2) is 6.05. The Kier molecular flexibility index (Phi) is 3.42. The summed E-state index contributed by atoms with van der Waals surface area (Å²) in [6, 6.07) is 26.7. The van der Waals surface area contributed by atoms with Gasteiger partial charge in [0, 0.05) is 34.5 Å². The molecule has 3 nitrogen and oxygen atoms in total. The van der Waals surface area contributed by atoms with E-state index in [2.05, 4.69) is 52.8 Å². The summed E-state index contributed by atoms with van der Waals surface area (Å²) in [5, 5.41) is 5.73. The molecule has 124 valence electrons. The monoisotopic (exact) mass is 336 g/mol. The van der Waals surface area contributed by atoms with E-state index in [1.54, 1.807) is 6.20 Å². The van der Waals surface area contributed by atoms with Crippen LogP contribution >= 0.6 is 0 Å².